The molecule has 0 aliphatic rings. The van der Waals surface area contributed by atoms with Gasteiger partial charge in [-0.15, -0.1) is 0 Å². The molecular weight excluding hydrogens is 376 g/mol. The number of carbonyl (C=O) groups excluding carboxylic acids is 2. The van der Waals surface area contributed by atoms with Gasteiger partial charge in [-0.1, -0.05) is 58.9 Å². The van der Waals surface area contributed by atoms with Gasteiger partial charge in [0.05, 0.1) is 0 Å². The first-order valence-corrected chi connectivity index (χ1v) is 10.7. The van der Waals surface area contributed by atoms with Crippen LogP contribution in [0.5, 0.6) is 5.75 Å². The highest BCUT2D eigenvalue weighted by Crippen LogP contribution is 2.30. The van der Waals surface area contributed by atoms with Crippen LogP contribution in [0.2, 0.25) is 0 Å². The van der Waals surface area contributed by atoms with Gasteiger partial charge in [0.1, 0.15) is 5.75 Å². The molecule has 0 bridgehead atoms. The normalized spacial score (nSPS) is 11.1. The fourth-order valence-corrected chi connectivity index (χ4v) is 3.32. The van der Waals surface area contributed by atoms with Crippen LogP contribution in [0, 0.1) is 0 Å². The number of amides is 2. The number of rotatable bonds is 9. The maximum atomic E-state index is 12.8. The van der Waals surface area contributed by atoms with Crippen molar-refractivity contribution in [3.63, 3.8) is 0 Å². The Bertz CT molecular complexity index is 849. The summed E-state index contributed by atoms with van der Waals surface area (Å²) in [7, 11) is 0. The van der Waals surface area contributed by atoms with Gasteiger partial charge < -0.3 is 15.0 Å². The molecule has 2 aromatic carbocycles. The summed E-state index contributed by atoms with van der Waals surface area (Å²) in [6, 6.07) is 14.8. The second-order valence-electron chi connectivity index (χ2n) is 8.46. The Morgan fingerprint density at radius 3 is 2.27 bits per heavy atom. The molecule has 30 heavy (non-hydrogen) atoms. The van der Waals surface area contributed by atoms with E-state index in [1.54, 1.807) is 24.3 Å². The Morgan fingerprint density at radius 2 is 1.63 bits per heavy atom. The summed E-state index contributed by atoms with van der Waals surface area (Å²) in [6.45, 7) is 11.8. The minimum absolute atomic E-state index is 0.00912. The molecule has 2 amide bonds. The molecule has 0 aromatic heterocycles. The summed E-state index contributed by atoms with van der Waals surface area (Å²) >= 11 is 0. The second kappa shape index (κ2) is 10.8. The van der Waals surface area contributed by atoms with Gasteiger partial charge in [0.25, 0.3) is 11.8 Å². The number of nitrogens with one attached hydrogen (secondary N) is 1. The van der Waals surface area contributed by atoms with Gasteiger partial charge in [0, 0.05) is 24.3 Å². The van der Waals surface area contributed by atoms with Crippen LogP contribution in [0.15, 0.2) is 48.5 Å². The third-order valence-corrected chi connectivity index (χ3v) is 4.72. The SMILES string of the molecule is CCCN(CCC)C(=O)c1cccc(NC(=O)COc2ccccc2C(C)(C)C)c1. The van der Waals surface area contributed by atoms with Crippen LogP contribution in [0.1, 0.15) is 63.4 Å². The summed E-state index contributed by atoms with van der Waals surface area (Å²) in [5.41, 5.74) is 2.14. The summed E-state index contributed by atoms with van der Waals surface area (Å²) < 4.78 is 5.79. The molecule has 0 fully saturated rings. The number of hydrogen-bond acceptors (Lipinski definition) is 3. The van der Waals surface area contributed by atoms with Gasteiger partial charge in [-0.3, -0.25) is 9.59 Å². The predicted molar refractivity (Wildman–Crippen MR) is 122 cm³/mol. The van der Waals surface area contributed by atoms with E-state index in [1.165, 1.54) is 0 Å². The lowest BCUT2D eigenvalue weighted by atomic mass is 9.86. The molecule has 162 valence electrons. The lowest BCUT2D eigenvalue weighted by Crippen LogP contribution is -2.32. The molecule has 0 aliphatic heterocycles. The molecule has 5 nitrogen and oxygen atoms in total. The minimum atomic E-state index is -0.262. The summed E-state index contributed by atoms with van der Waals surface area (Å²) in [4.78, 5) is 27.1. The summed E-state index contributed by atoms with van der Waals surface area (Å²) in [6.07, 6.45) is 1.82. The quantitative estimate of drug-likeness (QED) is 0.613. The molecule has 0 saturated heterocycles. The average molecular weight is 411 g/mol. The lowest BCUT2D eigenvalue weighted by molar-refractivity contribution is -0.118. The minimum Gasteiger partial charge on any atom is -0.483 e. The molecule has 0 atom stereocenters. The van der Waals surface area contributed by atoms with Crippen molar-refractivity contribution in [1.29, 1.82) is 0 Å². The molecule has 0 aliphatic carbocycles. The Morgan fingerprint density at radius 1 is 0.967 bits per heavy atom. The van der Waals surface area contributed by atoms with Crippen LogP contribution >= 0.6 is 0 Å². The zero-order chi connectivity index (χ0) is 22.1. The molecule has 2 rings (SSSR count). The van der Waals surface area contributed by atoms with Crippen molar-refractivity contribution in [3.05, 3.63) is 59.7 Å². The second-order valence-corrected chi connectivity index (χ2v) is 8.46. The topological polar surface area (TPSA) is 58.6 Å². The van der Waals surface area contributed by atoms with Crippen LogP contribution in [-0.2, 0) is 10.2 Å². The van der Waals surface area contributed by atoms with E-state index in [2.05, 4.69) is 39.9 Å². The molecular formula is C25H34N2O3. The van der Waals surface area contributed by atoms with E-state index < -0.39 is 0 Å². The average Bonchev–Trinajstić information content (AvgIpc) is 2.71. The molecule has 0 heterocycles. The molecule has 2 aromatic rings. The van der Waals surface area contributed by atoms with Crippen molar-refractivity contribution >= 4 is 17.5 Å². The highest BCUT2D eigenvalue weighted by Gasteiger charge is 2.19. The molecule has 5 heteroatoms. The maximum Gasteiger partial charge on any atom is 0.262 e. The van der Waals surface area contributed by atoms with E-state index in [1.807, 2.05) is 29.2 Å². The first-order chi connectivity index (χ1) is 14.3. The fourth-order valence-electron chi connectivity index (χ4n) is 3.32. The Kier molecular flexibility index (Phi) is 8.46. The molecule has 0 radical (unpaired) electrons. The number of carbonyl (C=O) groups is 2. The van der Waals surface area contributed by atoms with Crippen molar-refractivity contribution in [3.8, 4) is 5.75 Å². The molecule has 0 unspecified atom stereocenters. The predicted octanol–water partition coefficient (Wildman–Crippen LogP) is 5.26. The third-order valence-electron chi connectivity index (χ3n) is 4.72. The lowest BCUT2D eigenvalue weighted by Gasteiger charge is -2.22. The van der Waals surface area contributed by atoms with E-state index in [9.17, 15) is 9.59 Å². The Hall–Kier alpha value is -2.82. The largest absolute Gasteiger partial charge is 0.483 e. The van der Waals surface area contributed by atoms with Crippen LogP contribution in [0.25, 0.3) is 0 Å². The number of benzene rings is 2. The van der Waals surface area contributed by atoms with Crippen LogP contribution < -0.4 is 10.1 Å². The van der Waals surface area contributed by atoms with Crippen LogP contribution in [0.3, 0.4) is 0 Å². The van der Waals surface area contributed by atoms with Gasteiger partial charge in [-0.25, -0.2) is 0 Å². The number of nitrogens with zero attached hydrogens (tertiary/aromatic N) is 1. The van der Waals surface area contributed by atoms with Crippen molar-refractivity contribution in [2.24, 2.45) is 0 Å². The van der Waals surface area contributed by atoms with Crippen LogP contribution in [-0.4, -0.2) is 36.4 Å². The number of para-hydroxylation sites is 1. The maximum absolute atomic E-state index is 12.8. The van der Waals surface area contributed by atoms with E-state index in [0.29, 0.717) is 17.0 Å². The number of anilines is 1. The summed E-state index contributed by atoms with van der Waals surface area (Å²) in [5, 5.41) is 2.83. The fraction of sp³-hybridized carbons (Fsp3) is 0.440. The zero-order valence-corrected chi connectivity index (χ0v) is 18.8. The van der Waals surface area contributed by atoms with Gasteiger partial charge >= 0.3 is 0 Å². The van der Waals surface area contributed by atoms with E-state index in [-0.39, 0.29) is 23.8 Å². The highest BCUT2D eigenvalue weighted by molar-refractivity contribution is 5.97. The zero-order valence-electron chi connectivity index (χ0n) is 18.8. The molecule has 0 spiro atoms. The van der Waals surface area contributed by atoms with Crippen LogP contribution in [0.4, 0.5) is 5.69 Å². The van der Waals surface area contributed by atoms with Crippen molar-refractivity contribution in [1.82, 2.24) is 4.90 Å². The smallest absolute Gasteiger partial charge is 0.262 e. The monoisotopic (exact) mass is 410 g/mol. The van der Waals surface area contributed by atoms with Crippen molar-refractivity contribution in [2.75, 3.05) is 25.0 Å². The van der Waals surface area contributed by atoms with Gasteiger partial charge in [-0.2, -0.15) is 0 Å². The third kappa shape index (κ3) is 6.61. The molecule has 0 saturated carbocycles. The van der Waals surface area contributed by atoms with Gasteiger partial charge in [0.2, 0.25) is 0 Å². The number of hydrogen-bond donors (Lipinski definition) is 1. The van der Waals surface area contributed by atoms with E-state index in [0.717, 1.165) is 31.5 Å². The Balaban J connectivity index is 2.03. The molecule has 1 N–H and O–H groups in total. The summed E-state index contributed by atoms with van der Waals surface area (Å²) in [5.74, 6) is 0.436. The van der Waals surface area contributed by atoms with Crippen molar-refractivity contribution < 1.29 is 14.3 Å². The van der Waals surface area contributed by atoms with E-state index in [4.69, 9.17) is 4.74 Å². The van der Waals surface area contributed by atoms with Gasteiger partial charge in [-0.05, 0) is 48.1 Å². The van der Waals surface area contributed by atoms with E-state index >= 15 is 0 Å². The first kappa shape index (κ1) is 23.5. The Labute approximate surface area is 180 Å². The number of ether oxygens (including phenoxy) is 1. The standard InChI is InChI=1S/C25H34N2O3/c1-6-15-27(16-7-2)24(29)19-11-10-12-20(17-19)26-23(28)18-30-22-14-9-8-13-21(22)25(3,4)5/h8-14,17H,6-7,15-16,18H2,1-5H3,(H,26,28). The highest BCUT2D eigenvalue weighted by atomic mass is 16.5. The van der Waals surface area contributed by atoms with Crippen molar-refractivity contribution in [2.45, 2.75) is 52.9 Å². The first-order valence-electron chi connectivity index (χ1n) is 10.7. The van der Waals surface area contributed by atoms with Gasteiger partial charge in [0.15, 0.2) is 6.61 Å².